The minimum atomic E-state index is -0.662. The lowest BCUT2D eigenvalue weighted by Crippen LogP contribution is -2.45. The van der Waals surface area contributed by atoms with Crippen molar-refractivity contribution < 1.29 is 24.5 Å². The van der Waals surface area contributed by atoms with Crippen LogP contribution in [0.4, 0.5) is 0 Å². The van der Waals surface area contributed by atoms with Crippen molar-refractivity contribution in [3.8, 4) is 0 Å². The van der Waals surface area contributed by atoms with E-state index in [2.05, 4.69) is 43.5 Å². The molecule has 6 heteroatoms. The molecule has 576 valence electrons. The molecule has 0 aromatic carbocycles. The molecule has 0 aliphatic heterocycles. The number of ether oxygens (including phenoxy) is 1. The van der Waals surface area contributed by atoms with Crippen LogP contribution < -0.4 is 5.32 Å². The van der Waals surface area contributed by atoms with Crippen LogP contribution >= 0.6 is 0 Å². The molecule has 1 amide bonds. The second-order valence-corrected chi connectivity index (χ2v) is 31.3. The summed E-state index contributed by atoms with van der Waals surface area (Å²) in [5.74, 6) is -0.00518. The third-order valence-electron chi connectivity index (χ3n) is 21.5. The third kappa shape index (κ3) is 83.2. The van der Waals surface area contributed by atoms with Crippen molar-refractivity contribution in [1.29, 1.82) is 0 Å². The number of carbonyl (C=O) groups is 2. The van der Waals surface area contributed by atoms with E-state index in [1.165, 1.54) is 437 Å². The summed E-state index contributed by atoms with van der Waals surface area (Å²) in [6.07, 6.45) is 113. The van der Waals surface area contributed by atoms with Gasteiger partial charge in [-0.3, -0.25) is 9.59 Å². The van der Waals surface area contributed by atoms with Gasteiger partial charge in [0.15, 0.2) is 0 Å². The van der Waals surface area contributed by atoms with E-state index < -0.39 is 12.1 Å². The number of esters is 1. The number of unbranched alkanes of at least 4 members (excludes halogenated alkanes) is 71. The Kier molecular flexibility index (Phi) is 85.3. The number of hydrogen-bond acceptors (Lipinski definition) is 5. The molecule has 97 heavy (non-hydrogen) atoms. The average Bonchev–Trinajstić information content (AvgIpc) is 3.68. The number of aliphatic hydroxyl groups is 2. The van der Waals surface area contributed by atoms with Gasteiger partial charge in [0.05, 0.1) is 25.4 Å². The Morgan fingerprint density at radius 1 is 0.289 bits per heavy atom. The van der Waals surface area contributed by atoms with Gasteiger partial charge in [-0.2, -0.15) is 0 Å². The molecular weight excluding hydrogens is 1190 g/mol. The lowest BCUT2D eigenvalue weighted by Gasteiger charge is -2.22. The van der Waals surface area contributed by atoms with Crippen LogP contribution in [0.15, 0.2) is 24.3 Å². The van der Waals surface area contributed by atoms with Gasteiger partial charge in [-0.25, -0.2) is 0 Å². The standard InChI is InChI=1S/C91H177NO5/c1-3-5-7-9-11-13-15-17-19-21-23-24-25-39-42-45-48-51-55-59-63-67-71-75-79-83-89(94)88(87-93)92-90(95)84-80-76-72-68-64-60-56-52-49-46-43-40-37-35-33-31-29-27-26-28-30-32-34-36-38-41-44-47-50-54-58-62-66-70-74-78-82-86-97-91(96)85-81-77-73-69-65-61-57-53-22-20-18-16-14-12-10-8-6-4-2/h14,16,20,22,88-89,93-94H,3-13,15,17-19,21,23-87H2,1-2H3,(H,92,95)/b16-14-,22-20-. The Hall–Kier alpha value is -1.66. The SMILES string of the molecule is CCCCCC/C=C\C/C=C\CCCCCCCCCC(=O)OCCCCCCCCCCCCCCCCCCCCCCCCCCCCCCCCCCCCCCCC(=O)NC(CO)C(O)CCCCCCCCCCCCCCCCCCCCCCCCCCC. The highest BCUT2D eigenvalue weighted by Gasteiger charge is 2.20. The maximum Gasteiger partial charge on any atom is 0.305 e. The number of nitrogens with one attached hydrogen (secondary N) is 1. The Labute approximate surface area is 609 Å². The lowest BCUT2D eigenvalue weighted by molar-refractivity contribution is -0.143. The van der Waals surface area contributed by atoms with E-state index >= 15 is 0 Å². The first kappa shape index (κ1) is 95.3. The zero-order valence-corrected chi connectivity index (χ0v) is 66.4. The molecule has 0 aromatic heterocycles. The van der Waals surface area contributed by atoms with Gasteiger partial charge in [0.25, 0.3) is 0 Å². The molecule has 3 N–H and O–H groups in total. The van der Waals surface area contributed by atoms with Crippen molar-refractivity contribution in [2.45, 2.75) is 533 Å². The lowest BCUT2D eigenvalue weighted by atomic mass is 10.0. The van der Waals surface area contributed by atoms with Gasteiger partial charge in [0, 0.05) is 12.8 Å². The van der Waals surface area contributed by atoms with E-state index in [1.807, 2.05) is 0 Å². The first-order valence-corrected chi connectivity index (χ1v) is 45.1. The van der Waals surface area contributed by atoms with Crippen molar-refractivity contribution in [3.63, 3.8) is 0 Å². The molecule has 0 aliphatic carbocycles. The number of aliphatic hydroxyl groups excluding tert-OH is 2. The molecule has 0 aromatic rings. The van der Waals surface area contributed by atoms with Crippen molar-refractivity contribution in [2.24, 2.45) is 0 Å². The Morgan fingerprint density at radius 3 is 0.794 bits per heavy atom. The quantitative estimate of drug-likeness (QED) is 0.0320. The van der Waals surface area contributed by atoms with Gasteiger partial charge in [0.2, 0.25) is 5.91 Å². The van der Waals surface area contributed by atoms with E-state index in [0.717, 1.165) is 51.4 Å². The molecule has 0 saturated heterocycles. The normalized spacial score (nSPS) is 12.5. The first-order valence-electron chi connectivity index (χ1n) is 45.1. The summed E-state index contributed by atoms with van der Waals surface area (Å²) in [7, 11) is 0. The molecular formula is C91H177NO5. The van der Waals surface area contributed by atoms with Gasteiger partial charge in [-0.05, 0) is 57.8 Å². The Bertz CT molecular complexity index is 1530. The van der Waals surface area contributed by atoms with Crippen LogP contribution in [-0.2, 0) is 14.3 Å². The summed E-state index contributed by atoms with van der Waals surface area (Å²) >= 11 is 0. The fourth-order valence-corrected chi connectivity index (χ4v) is 14.7. The maximum atomic E-state index is 12.6. The molecule has 6 nitrogen and oxygen atoms in total. The summed E-state index contributed by atoms with van der Waals surface area (Å²) in [5.41, 5.74) is 0. The van der Waals surface area contributed by atoms with Crippen LogP contribution in [0.3, 0.4) is 0 Å². The van der Waals surface area contributed by atoms with Gasteiger partial charge in [0.1, 0.15) is 0 Å². The molecule has 0 fully saturated rings. The third-order valence-corrected chi connectivity index (χ3v) is 21.5. The van der Waals surface area contributed by atoms with E-state index in [4.69, 9.17) is 4.74 Å². The molecule has 2 unspecified atom stereocenters. The van der Waals surface area contributed by atoms with Crippen LogP contribution in [0.5, 0.6) is 0 Å². The predicted molar refractivity (Wildman–Crippen MR) is 430 cm³/mol. The summed E-state index contributed by atoms with van der Waals surface area (Å²) < 4.78 is 5.52. The van der Waals surface area contributed by atoms with E-state index in [-0.39, 0.29) is 18.5 Å². The molecule has 0 saturated carbocycles. The highest BCUT2D eigenvalue weighted by atomic mass is 16.5. The second kappa shape index (κ2) is 86.7. The molecule has 0 radical (unpaired) electrons. The van der Waals surface area contributed by atoms with Crippen molar-refractivity contribution >= 4 is 11.9 Å². The first-order chi connectivity index (χ1) is 48.0. The van der Waals surface area contributed by atoms with Gasteiger partial charge in [-0.15, -0.1) is 0 Å². The fourth-order valence-electron chi connectivity index (χ4n) is 14.7. The predicted octanol–water partition coefficient (Wildman–Crippen LogP) is 30.3. The fraction of sp³-hybridized carbons (Fsp3) is 0.934. The van der Waals surface area contributed by atoms with E-state index in [1.54, 1.807) is 0 Å². The monoisotopic (exact) mass is 1360 g/mol. The number of amides is 1. The highest BCUT2D eigenvalue weighted by molar-refractivity contribution is 5.76. The number of allylic oxidation sites excluding steroid dienone is 4. The van der Waals surface area contributed by atoms with Crippen molar-refractivity contribution in [1.82, 2.24) is 5.32 Å². The van der Waals surface area contributed by atoms with Crippen LogP contribution in [-0.4, -0.2) is 47.4 Å². The largest absolute Gasteiger partial charge is 0.466 e. The van der Waals surface area contributed by atoms with Gasteiger partial charge >= 0.3 is 5.97 Å². The highest BCUT2D eigenvalue weighted by Crippen LogP contribution is 2.21. The van der Waals surface area contributed by atoms with E-state index in [0.29, 0.717) is 25.9 Å². The minimum absolute atomic E-state index is 0.0173. The Morgan fingerprint density at radius 2 is 0.515 bits per heavy atom. The number of hydrogen-bond donors (Lipinski definition) is 3. The maximum absolute atomic E-state index is 12.6. The summed E-state index contributed by atoms with van der Waals surface area (Å²) in [5, 5.41) is 23.5. The summed E-state index contributed by atoms with van der Waals surface area (Å²) in [4.78, 5) is 24.7. The summed E-state index contributed by atoms with van der Waals surface area (Å²) in [6, 6.07) is -0.538. The number of carbonyl (C=O) groups excluding carboxylic acids is 2. The molecule has 0 rings (SSSR count). The number of rotatable bonds is 86. The van der Waals surface area contributed by atoms with Crippen LogP contribution in [0.25, 0.3) is 0 Å². The van der Waals surface area contributed by atoms with Crippen LogP contribution in [0, 0.1) is 0 Å². The van der Waals surface area contributed by atoms with Crippen molar-refractivity contribution in [3.05, 3.63) is 24.3 Å². The zero-order chi connectivity index (χ0) is 69.8. The minimum Gasteiger partial charge on any atom is -0.466 e. The molecule has 0 aliphatic rings. The smallest absolute Gasteiger partial charge is 0.305 e. The average molecular weight is 1370 g/mol. The molecule has 0 spiro atoms. The van der Waals surface area contributed by atoms with Gasteiger partial charge < -0.3 is 20.3 Å². The topological polar surface area (TPSA) is 95.9 Å². The van der Waals surface area contributed by atoms with Gasteiger partial charge in [-0.1, -0.05) is 475 Å². The zero-order valence-electron chi connectivity index (χ0n) is 66.4. The molecule has 0 heterocycles. The second-order valence-electron chi connectivity index (χ2n) is 31.3. The summed E-state index contributed by atoms with van der Waals surface area (Å²) in [6.45, 7) is 5.00. The van der Waals surface area contributed by atoms with Crippen LogP contribution in [0.2, 0.25) is 0 Å². The van der Waals surface area contributed by atoms with Crippen molar-refractivity contribution in [2.75, 3.05) is 13.2 Å². The Balaban J connectivity index is 3.31. The van der Waals surface area contributed by atoms with Crippen LogP contribution in [0.1, 0.15) is 521 Å². The van der Waals surface area contributed by atoms with E-state index in [9.17, 15) is 19.8 Å². The molecule has 0 bridgehead atoms. The molecule has 2 atom stereocenters.